The Hall–Kier alpha value is -2.18. The lowest BCUT2D eigenvalue weighted by molar-refractivity contribution is 0.0962. The fourth-order valence-corrected chi connectivity index (χ4v) is 3.39. The third-order valence-corrected chi connectivity index (χ3v) is 4.86. The van der Waals surface area contributed by atoms with Gasteiger partial charge in [-0.1, -0.05) is 12.1 Å². The number of aryl methyl sites for hydroxylation is 2. The Labute approximate surface area is 149 Å². The molecule has 2 heterocycles. The van der Waals surface area contributed by atoms with E-state index in [0.29, 0.717) is 5.56 Å². The molecule has 1 amide bonds. The van der Waals surface area contributed by atoms with Crippen molar-refractivity contribution in [1.29, 1.82) is 0 Å². The van der Waals surface area contributed by atoms with Crippen molar-refractivity contribution in [1.82, 2.24) is 25.3 Å². The van der Waals surface area contributed by atoms with Gasteiger partial charge in [0.15, 0.2) is 0 Å². The summed E-state index contributed by atoms with van der Waals surface area (Å²) in [7, 11) is 1.66. The van der Waals surface area contributed by atoms with Gasteiger partial charge in [-0.3, -0.25) is 14.4 Å². The van der Waals surface area contributed by atoms with Gasteiger partial charge in [-0.05, 0) is 31.5 Å². The lowest BCUT2D eigenvalue weighted by atomic mass is 10.00. The highest BCUT2D eigenvalue weighted by Crippen LogP contribution is 2.25. The number of nitrogens with zero attached hydrogens (tertiary/aromatic N) is 3. The van der Waals surface area contributed by atoms with Crippen LogP contribution in [0.1, 0.15) is 40.1 Å². The number of hydrogen-bond donors (Lipinski definition) is 2. The SMILES string of the molecule is CCn1cc(CN2CCNCC2c2cccc(C(=O)NC)c2)c(C)n1. The van der Waals surface area contributed by atoms with Crippen LogP contribution in [0.4, 0.5) is 0 Å². The van der Waals surface area contributed by atoms with Gasteiger partial charge < -0.3 is 10.6 Å². The molecule has 1 aromatic carbocycles. The number of amides is 1. The maximum absolute atomic E-state index is 12.0. The van der Waals surface area contributed by atoms with Crippen molar-refractivity contribution >= 4 is 5.91 Å². The van der Waals surface area contributed by atoms with E-state index in [9.17, 15) is 4.79 Å². The number of rotatable bonds is 5. The first kappa shape index (κ1) is 17.6. The Morgan fingerprint density at radius 1 is 1.44 bits per heavy atom. The minimum absolute atomic E-state index is 0.0442. The van der Waals surface area contributed by atoms with Crippen LogP contribution in [-0.2, 0) is 13.1 Å². The van der Waals surface area contributed by atoms with E-state index in [1.807, 2.05) is 22.9 Å². The molecule has 0 spiro atoms. The molecule has 0 aliphatic carbocycles. The Morgan fingerprint density at radius 2 is 2.28 bits per heavy atom. The van der Waals surface area contributed by atoms with E-state index in [2.05, 4.69) is 46.7 Å². The van der Waals surface area contributed by atoms with Crippen molar-refractivity contribution < 1.29 is 4.79 Å². The maximum atomic E-state index is 12.0. The van der Waals surface area contributed by atoms with Crippen LogP contribution in [0.2, 0.25) is 0 Å². The van der Waals surface area contributed by atoms with Crippen LogP contribution in [0.15, 0.2) is 30.5 Å². The molecular formula is C19H27N5O. The van der Waals surface area contributed by atoms with Crippen LogP contribution in [0.25, 0.3) is 0 Å². The smallest absolute Gasteiger partial charge is 0.251 e. The number of nitrogens with one attached hydrogen (secondary N) is 2. The molecule has 1 saturated heterocycles. The van der Waals surface area contributed by atoms with Gasteiger partial charge in [0, 0.05) is 63.1 Å². The Balaban J connectivity index is 1.83. The second-order valence-corrected chi connectivity index (χ2v) is 6.49. The van der Waals surface area contributed by atoms with E-state index in [-0.39, 0.29) is 11.9 Å². The molecule has 6 nitrogen and oxygen atoms in total. The van der Waals surface area contributed by atoms with Crippen molar-refractivity contribution in [3.05, 3.63) is 52.8 Å². The zero-order valence-electron chi connectivity index (χ0n) is 15.2. The van der Waals surface area contributed by atoms with E-state index in [4.69, 9.17) is 0 Å². The van der Waals surface area contributed by atoms with Crippen molar-refractivity contribution in [3.8, 4) is 0 Å². The minimum atomic E-state index is -0.0442. The monoisotopic (exact) mass is 341 g/mol. The standard InChI is InChI=1S/C19H27N5O/c1-4-24-13-17(14(2)22-24)12-23-9-8-21-11-18(23)15-6-5-7-16(10-15)19(25)20-3/h5-7,10,13,18,21H,4,8-9,11-12H2,1-3H3,(H,20,25). The summed E-state index contributed by atoms with van der Waals surface area (Å²) in [6.07, 6.45) is 2.15. The van der Waals surface area contributed by atoms with Crippen LogP contribution < -0.4 is 10.6 Å². The van der Waals surface area contributed by atoms with Gasteiger partial charge in [0.2, 0.25) is 0 Å². The third-order valence-electron chi connectivity index (χ3n) is 4.86. The summed E-state index contributed by atoms with van der Waals surface area (Å²) < 4.78 is 1.99. The Bertz CT molecular complexity index is 739. The highest BCUT2D eigenvalue weighted by molar-refractivity contribution is 5.94. The van der Waals surface area contributed by atoms with Crippen LogP contribution in [-0.4, -0.2) is 47.3 Å². The first-order chi connectivity index (χ1) is 12.1. The van der Waals surface area contributed by atoms with E-state index >= 15 is 0 Å². The summed E-state index contributed by atoms with van der Waals surface area (Å²) in [6, 6.07) is 8.19. The van der Waals surface area contributed by atoms with Crippen LogP contribution in [0.3, 0.4) is 0 Å². The number of benzene rings is 1. The van der Waals surface area contributed by atoms with Crippen LogP contribution in [0.5, 0.6) is 0 Å². The molecule has 1 fully saturated rings. The van der Waals surface area contributed by atoms with Crippen LogP contribution >= 0.6 is 0 Å². The summed E-state index contributed by atoms with van der Waals surface area (Å²) in [5, 5.41) is 10.7. The summed E-state index contributed by atoms with van der Waals surface area (Å²) >= 11 is 0. The predicted octanol–water partition coefficient (Wildman–Crippen LogP) is 1.72. The molecule has 1 unspecified atom stereocenters. The molecule has 1 atom stereocenters. The van der Waals surface area contributed by atoms with Crippen molar-refractivity contribution in [2.45, 2.75) is 33.0 Å². The molecule has 25 heavy (non-hydrogen) atoms. The molecular weight excluding hydrogens is 314 g/mol. The van der Waals surface area contributed by atoms with Crippen molar-refractivity contribution in [2.24, 2.45) is 0 Å². The first-order valence-corrected chi connectivity index (χ1v) is 8.92. The molecule has 1 aromatic heterocycles. The average Bonchev–Trinajstić information content (AvgIpc) is 3.01. The normalized spacial score (nSPS) is 18.3. The van der Waals surface area contributed by atoms with Crippen molar-refractivity contribution in [2.75, 3.05) is 26.7 Å². The van der Waals surface area contributed by atoms with Gasteiger partial charge in [0.05, 0.1) is 5.69 Å². The van der Waals surface area contributed by atoms with E-state index in [0.717, 1.165) is 38.4 Å². The highest BCUT2D eigenvalue weighted by Gasteiger charge is 2.25. The van der Waals surface area contributed by atoms with Gasteiger partial charge in [-0.2, -0.15) is 5.10 Å². The third kappa shape index (κ3) is 3.91. The number of aromatic nitrogens is 2. The van der Waals surface area contributed by atoms with E-state index in [1.165, 1.54) is 11.1 Å². The van der Waals surface area contributed by atoms with E-state index < -0.39 is 0 Å². The number of hydrogen-bond acceptors (Lipinski definition) is 4. The molecule has 1 aliphatic heterocycles. The summed E-state index contributed by atoms with van der Waals surface area (Å²) in [4.78, 5) is 14.4. The molecule has 2 aromatic rings. The fourth-order valence-electron chi connectivity index (χ4n) is 3.39. The molecule has 1 aliphatic rings. The lowest BCUT2D eigenvalue weighted by Gasteiger charge is -2.36. The van der Waals surface area contributed by atoms with Gasteiger partial charge in [0.1, 0.15) is 0 Å². The fraction of sp³-hybridized carbons (Fsp3) is 0.474. The van der Waals surface area contributed by atoms with Gasteiger partial charge >= 0.3 is 0 Å². The van der Waals surface area contributed by atoms with Crippen LogP contribution in [0, 0.1) is 6.92 Å². The molecule has 0 bridgehead atoms. The number of carbonyl (C=O) groups excluding carboxylic acids is 1. The van der Waals surface area contributed by atoms with Crippen molar-refractivity contribution in [3.63, 3.8) is 0 Å². The summed E-state index contributed by atoms with van der Waals surface area (Å²) in [5.41, 5.74) is 4.25. The molecule has 3 rings (SSSR count). The summed E-state index contributed by atoms with van der Waals surface area (Å²) in [5.74, 6) is -0.0442. The van der Waals surface area contributed by atoms with Gasteiger partial charge in [-0.15, -0.1) is 0 Å². The van der Waals surface area contributed by atoms with E-state index in [1.54, 1.807) is 7.05 Å². The molecule has 6 heteroatoms. The van der Waals surface area contributed by atoms with Gasteiger partial charge in [-0.25, -0.2) is 0 Å². The second kappa shape index (κ2) is 7.80. The first-order valence-electron chi connectivity index (χ1n) is 8.92. The predicted molar refractivity (Wildman–Crippen MR) is 98.5 cm³/mol. The topological polar surface area (TPSA) is 62.2 Å². The lowest BCUT2D eigenvalue weighted by Crippen LogP contribution is -2.45. The molecule has 0 saturated carbocycles. The maximum Gasteiger partial charge on any atom is 0.251 e. The number of piperazine rings is 1. The summed E-state index contributed by atoms with van der Waals surface area (Å²) in [6.45, 7) is 8.79. The average molecular weight is 341 g/mol. The zero-order valence-corrected chi connectivity index (χ0v) is 15.2. The van der Waals surface area contributed by atoms with Gasteiger partial charge in [0.25, 0.3) is 5.91 Å². The largest absolute Gasteiger partial charge is 0.355 e. The zero-order chi connectivity index (χ0) is 17.8. The minimum Gasteiger partial charge on any atom is -0.355 e. The quantitative estimate of drug-likeness (QED) is 0.869. The second-order valence-electron chi connectivity index (χ2n) is 6.49. The highest BCUT2D eigenvalue weighted by atomic mass is 16.1. The molecule has 0 radical (unpaired) electrons. The number of carbonyl (C=O) groups is 1. The Kier molecular flexibility index (Phi) is 5.50. The molecule has 134 valence electrons. The Morgan fingerprint density at radius 3 is 3.00 bits per heavy atom. The molecule has 2 N–H and O–H groups in total.